The molecule has 0 N–H and O–H groups in total. The van der Waals surface area contributed by atoms with Crippen LogP contribution in [0, 0.1) is 0 Å². The lowest BCUT2D eigenvalue weighted by Gasteiger charge is -2.13. The second-order valence-electron chi connectivity index (χ2n) is 3.57. The molecule has 1 unspecified atom stereocenters. The number of hydrogen-bond acceptors (Lipinski definition) is 1. The zero-order chi connectivity index (χ0) is 12.3. The molecule has 0 aliphatic heterocycles. The molecular formula is C11H10BrF3O. The molecule has 1 atom stereocenters. The maximum Gasteiger partial charge on any atom is 0.416 e. The van der Waals surface area contributed by atoms with Crippen molar-refractivity contribution in [1.29, 1.82) is 0 Å². The third kappa shape index (κ3) is 3.33. The molecule has 1 aromatic rings. The van der Waals surface area contributed by atoms with Gasteiger partial charge in [0, 0.05) is 10.9 Å². The second-order valence-corrected chi connectivity index (χ2v) is 4.49. The summed E-state index contributed by atoms with van der Waals surface area (Å²) in [5.74, 6) is -0.212. The highest BCUT2D eigenvalue weighted by molar-refractivity contribution is 9.10. The number of halogens is 4. The third-order valence-electron chi connectivity index (χ3n) is 2.27. The lowest BCUT2D eigenvalue weighted by atomic mass is 9.96. The van der Waals surface area contributed by atoms with Crippen molar-refractivity contribution in [3.63, 3.8) is 0 Å². The fraction of sp³-hybridized carbons (Fsp3) is 0.364. The Morgan fingerprint density at radius 1 is 1.38 bits per heavy atom. The van der Waals surface area contributed by atoms with E-state index < -0.39 is 11.7 Å². The Kier molecular flexibility index (Phi) is 4.13. The van der Waals surface area contributed by atoms with Crippen molar-refractivity contribution in [2.45, 2.75) is 25.4 Å². The fourth-order valence-corrected chi connectivity index (χ4v) is 1.85. The standard InChI is InChI=1S/C11H10BrF3O/c1-7(2-3-16)8-4-9(11(13,14)15)6-10(12)5-8/h3-7H,2H2,1H3. The number of carbonyl (C=O) groups excluding carboxylic acids is 1. The minimum atomic E-state index is -4.36. The van der Waals surface area contributed by atoms with Crippen molar-refractivity contribution in [2.24, 2.45) is 0 Å². The first-order valence-corrected chi connectivity index (χ1v) is 5.45. The highest BCUT2D eigenvalue weighted by Gasteiger charge is 2.31. The van der Waals surface area contributed by atoms with Gasteiger partial charge in [-0.05, 0) is 29.7 Å². The number of carbonyl (C=O) groups is 1. The van der Waals surface area contributed by atoms with Gasteiger partial charge in [-0.25, -0.2) is 0 Å². The van der Waals surface area contributed by atoms with Crippen LogP contribution in [0.4, 0.5) is 13.2 Å². The van der Waals surface area contributed by atoms with Crippen molar-refractivity contribution < 1.29 is 18.0 Å². The Labute approximate surface area is 99.8 Å². The molecule has 0 bridgehead atoms. The highest BCUT2D eigenvalue weighted by atomic mass is 79.9. The van der Waals surface area contributed by atoms with Gasteiger partial charge in [-0.2, -0.15) is 13.2 Å². The molecular weight excluding hydrogens is 285 g/mol. The Morgan fingerprint density at radius 3 is 2.50 bits per heavy atom. The van der Waals surface area contributed by atoms with Gasteiger partial charge in [0.15, 0.2) is 0 Å². The molecule has 16 heavy (non-hydrogen) atoms. The van der Waals surface area contributed by atoms with Crippen LogP contribution in [-0.2, 0) is 11.0 Å². The van der Waals surface area contributed by atoms with Gasteiger partial charge in [0.1, 0.15) is 6.29 Å². The van der Waals surface area contributed by atoms with Crippen molar-refractivity contribution >= 4 is 22.2 Å². The van der Waals surface area contributed by atoms with E-state index >= 15 is 0 Å². The number of hydrogen-bond donors (Lipinski definition) is 0. The van der Waals surface area contributed by atoms with Crippen molar-refractivity contribution in [3.8, 4) is 0 Å². The highest BCUT2D eigenvalue weighted by Crippen LogP contribution is 2.34. The van der Waals surface area contributed by atoms with Crippen LogP contribution in [0.1, 0.15) is 30.4 Å². The molecule has 0 aliphatic rings. The molecule has 0 saturated heterocycles. The van der Waals surface area contributed by atoms with Crippen LogP contribution >= 0.6 is 15.9 Å². The Bertz CT molecular complexity index is 387. The topological polar surface area (TPSA) is 17.1 Å². The molecule has 1 rings (SSSR count). The zero-order valence-electron chi connectivity index (χ0n) is 8.51. The summed E-state index contributed by atoms with van der Waals surface area (Å²) in [5, 5.41) is 0. The summed E-state index contributed by atoms with van der Waals surface area (Å²) in [4.78, 5) is 10.3. The van der Waals surface area contributed by atoms with Crippen LogP contribution in [0.25, 0.3) is 0 Å². The van der Waals surface area contributed by atoms with Crippen molar-refractivity contribution in [2.75, 3.05) is 0 Å². The van der Waals surface area contributed by atoms with Crippen LogP contribution in [0.15, 0.2) is 22.7 Å². The Hall–Kier alpha value is -0.840. The summed E-state index contributed by atoms with van der Waals surface area (Å²) in [6.45, 7) is 1.72. The molecule has 5 heteroatoms. The minimum Gasteiger partial charge on any atom is -0.303 e. The molecule has 0 spiro atoms. The van der Waals surface area contributed by atoms with Crippen LogP contribution in [0.2, 0.25) is 0 Å². The van der Waals surface area contributed by atoms with Gasteiger partial charge >= 0.3 is 6.18 Å². The average Bonchev–Trinajstić information content (AvgIpc) is 2.16. The maximum absolute atomic E-state index is 12.5. The lowest BCUT2D eigenvalue weighted by Crippen LogP contribution is -2.06. The third-order valence-corrected chi connectivity index (χ3v) is 2.72. The van der Waals surface area contributed by atoms with Gasteiger partial charge in [-0.3, -0.25) is 0 Å². The fourth-order valence-electron chi connectivity index (χ4n) is 1.34. The first kappa shape index (κ1) is 13.2. The summed E-state index contributed by atoms with van der Waals surface area (Å²) in [7, 11) is 0. The van der Waals surface area contributed by atoms with Crippen LogP contribution in [0.5, 0.6) is 0 Å². The first-order valence-electron chi connectivity index (χ1n) is 4.66. The summed E-state index contributed by atoms with van der Waals surface area (Å²) >= 11 is 3.04. The smallest absolute Gasteiger partial charge is 0.303 e. The van der Waals surface area contributed by atoms with E-state index in [1.54, 1.807) is 13.0 Å². The van der Waals surface area contributed by atoms with E-state index in [4.69, 9.17) is 0 Å². The van der Waals surface area contributed by atoms with E-state index in [1.165, 1.54) is 0 Å². The van der Waals surface area contributed by atoms with Gasteiger partial charge < -0.3 is 4.79 Å². The molecule has 88 valence electrons. The number of benzene rings is 1. The van der Waals surface area contributed by atoms with Gasteiger partial charge in [-0.15, -0.1) is 0 Å². The van der Waals surface area contributed by atoms with Gasteiger partial charge in [0.25, 0.3) is 0 Å². The summed E-state index contributed by atoms with van der Waals surface area (Å²) in [6.07, 6.45) is -3.44. The average molecular weight is 295 g/mol. The Balaban J connectivity index is 3.12. The van der Waals surface area contributed by atoms with E-state index in [9.17, 15) is 18.0 Å². The largest absolute Gasteiger partial charge is 0.416 e. The predicted molar refractivity (Wildman–Crippen MR) is 58.2 cm³/mol. The quantitative estimate of drug-likeness (QED) is 0.765. The van der Waals surface area contributed by atoms with Gasteiger partial charge in [0.05, 0.1) is 5.56 Å². The molecule has 1 nitrogen and oxygen atoms in total. The number of rotatable bonds is 3. The Morgan fingerprint density at radius 2 is 2.00 bits per heavy atom. The molecule has 0 aliphatic carbocycles. The van der Waals surface area contributed by atoms with E-state index in [-0.39, 0.29) is 12.3 Å². The van der Waals surface area contributed by atoms with Gasteiger partial charge in [-0.1, -0.05) is 22.9 Å². The van der Waals surface area contributed by atoms with Crippen LogP contribution in [-0.4, -0.2) is 6.29 Å². The lowest BCUT2D eigenvalue weighted by molar-refractivity contribution is -0.137. The summed E-state index contributed by atoms with van der Waals surface area (Å²) < 4.78 is 37.9. The van der Waals surface area contributed by atoms with E-state index in [2.05, 4.69) is 15.9 Å². The van der Waals surface area contributed by atoms with Crippen LogP contribution < -0.4 is 0 Å². The van der Waals surface area contributed by atoms with Crippen molar-refractivity contribution in [3.05, 3.63) is 33.8 Å². The molecule has 0 saturated carbocycles. The first-order chi connectivity index (χ1) is 7.34. The van der Waals surface area contributed by atoms with E-state index in [0.29, 0.717) is 16.3 Å². The SMILES string of the molecule is CC(CC=O)c1cc(Br)cc(C(F)(F)F)c1. The van der Waals surface area contributed by atoms with E-state index in [0.717, 1.165) is 12.1 Å². The molecule has 0 fully saturated rings. The number of alkyl halides is 3. The van der Waals surface area contributed by atoms with Gasteiger partial charge in [0.2, 0.25) is 0 Å². The summed E-state index contributed by atoms with van der Waals surface area (Å²) in [5.41, 5.74) is -0.191. The molecule has 0 aromatic heterocycles. The van der Waals surface area contributed by atoms with Crippen molar-refractivity contribution in [1.82, 2.24) is 0 Å². The molecule has 1 aromatic carbocycles. The minimum absolute atomic E-state index is 0.212. The predicted octanol–water partition coefficient (Wildman–Crippen LogP) is 4.16. The summed E-state index contributed by atoms with van der Waals surface area (Å²) in [6, 6.07) is 3.71. The maximum atomic E-state index is 12.5. The number of aldehydes is 1. The zero-order valence-corrected chi connectivity index (χ0v) is 10.1. The molecule has 0 heterocycles. The second kappa shape index (κ2) is 4.99. The van der Waals surface area contributed by atoms with Crippen LogP contribution in [0.3, 0.4) is 0 Å². The molecule has 0 radical (unpaired) electrons. The molecule has 0 amide bonds. The van der Waals surface area contributed by atoms with E-state index in [1.807, 2.05) is 0 Å². The normalized spacial score (nSPS) is 13.6. The monoisotopic (exact) mass is 294 g/mol.